The third-order valence-corrected chi connectivity index (χ3v) is 6.18. The summed E-state index contributed by atoms with van der Waals surface area (Å²) in [4.78, 5) is 24.8. The van der Waals surface area contributed by atoms with Crippen LogP contribution < -0.4 is 10.2 Å². The number of hydrogen-bond donors (Lipinski definition) is 1. The second-order valence-electron chi connectivity index (χ2n) is 9.01. The Morgan fingerprint density at radius 2 is 1.61 bits per heavy atom. The summed E-state index contributed by atoms with van der Waals surface area (Å²) in [6.07, 6.45) is 6.87. The third-order valence-electron chi connectivity index (χ3n) is 6.18. The lowest BCUT2D eigenvalue weighted by atomic mass is 10.1. The van der Waals surface area contributed by atoms with Gasteiger partial charge in [-0.15, -0.1) is 0 Å². The maximum absolute atomic E-state index is 13.4. The van der Waals surface area contributed by atoms with Crippen LogP contribution in [0, 0.1) is 0 Å². The van der Waals surface area contributed by atoms with Gasteiger partial charge in [-0.3, -0.25) is 4.79 Å². The topological polar surface area (TPSA) is 86.0 Å². The number of carboxylic acid groups (broad SMARTS) is 1. The van der Waals surface area contributed by atoms with Crippen molar-refractivity contribution in [1.29, 1.82) is 0 Å². The minimum atomic E-state index is -1.09. The maximum atomic E-state index is 13.4. The Bertz CT molecular complexity index is 1370. The van der Waals surface area contributed by atoms with Crippen LogP contribution in [-0.4, -0.2) is 17.7 Å². The van der Waals surface area contributed by atoms with Crippen molar-refractivity contribution in [3.63, 3.8) is 0 Å². The van der Waals surface area contributed by atoms with Crippen LogP contribution in [0.5, 0.6) is 5.75 Å². The summed E-state index contributed by atoms with van der Waals surface area (Å²) in [6.45, 7) is 3.46. The van der Waals surface area contributed by atoms with Crippen molar-refractivity contribution in [3.8, 4) is 5.75 Å². The molecule has 6 nitrogen and oxygen atoms in total. The predicted molar refractivity (Wildman–Crippen MR) is 141 cm³/mol. The van der Waals surface area contributed by atoms with Gasteiger partial charge in [-0.05, 0) is 47.9 Å². The molecule has 0 bridgehead atoms. The normalized spacial score (nSPS) is 11.2. The molecule has 0 saturated heterocycles. The molecule has 0 amide bonds. The highest BCUT2D eigenvalue weighted by atomic mass is 16.5. The van der Waals surface area contributed by atoms with E-state index in [1.54, 1.807) is 6.07 Å². The van der Waals surface area contributed by atoms with Gasteiger partial charge >= 0.3 is 5.97 Å². The van der Waals surface area contributed by atoms with Crippen molar-refractivity contribution < 1.29 is 23.8 Å². The Morgan fingerprint density at radius 1 is 0.861 bits per heavy atom. The van der Waals surface area contributed by atoms with E-state index < -0.39 is 5.97 Å². The zero-order valence-electron chi connectivity index (χ0n) is 20.6. The number of fused-ring (bicyclic) bond motifs is 2. The van der Waals surface area contributed by atoms with Crippen molar-refractivity contribution in [2.75, 3.05) is 6.61 Å². The van der Waals surface area contributed by atoms with Gasteiger partial charge in [0, 0.05) is 0 Å². The largest absolute Gasteiger partial charge is 0.490 e. The van der Waals surface area contributed by atoms with Crippen LogP contribution in [0.3, 0.4) is 0 Å². The van der Waals surface area contributed by atoms with Crippen molar-refractivity contribution >= 4 is 27.9 Å². The van der Waals surface area contributed by atoms with Gasteiger partial charge in [0.2, 0.25) is 5.43 Å². The summed E-state index contributed by atoms with van der Waals surface area (Å²) < 4.78 is 18.1. The number of aromatic carboxylic acids is 1. The zero-order valence-corrected chi connectivity index (χ0v) is 20.6. The smallest absolute Gasteiger partial charge is 0.335 e. The van der Waals surface area contributed by atoms with E-state index in [0.29, 0.717) is 42.1 Å². The highest BCUT2D eigenvalue weighted by Gasteiger charge is 2.16. The van der Waals surface area contributed by atoms with Gasteiger partial charge in [-0.2, -0.15) is 0 Å². The van der Waals surface area contributed by atoms with Gasteiger partial charge in [0.05, 0.1) is 36.2 Å². The van der Waals surface area contributed by atoms with E-state index in [9.17, 15) is 14.7 Å². The van der Waals surface area contributed by atoms with E-state index in [4.69, 9.17) is 13.9 Å². The first kappa shape index (κ1) is 25.5. The molecule has 0 aliphatic heterocycles. The van der Waals surface area contributed by atoms with Crippen molar-refractivity contribution in [3.05, 3.63) is 87.6 Å². The molecule has 4 rings (SSSR count). The van der Waals surface area contributed by atoms with Crippen LogP contribution in [-0.2, 0) is 18.0 Å². The molecule has 1 heterocycles. The lowest BCUT2D eigenvalue weighted by molar-refractivity contribution is 0.0697. The SMILES string of the molecule is CCCCCCCCOc1cc(COCc2ccccc2)cc2c(=O)c3cc(C(=O)O)ccc3oc12. The maximum Gasteiger partial charge on any atom is 0.335 e. The average Bonchev–Trinajstić information content (AvgIpc) is 2.89. The van der Waals surface area contributed by atoms with E-state index in [1.807, 2.05) is 36.4 Å². The number of unbranched alkanes of at least 4 members (excludes halogenated alkanes) is 5. The van der Waals surface area contributed by atoms with Crippen LogP contribution in [0.25, 0.3) is 21.9 Å². The fourth-order valence-corrected chi connectivity index (χ4v) is 4.23. The van der Waals surface area contributed by atoms with Crippen LogP contribution in [0.4, 0.5) is 0 Å². The van der Waals surface area contributed by atoms with Crippen LogP contribution in [0.2, 0.25) is 0 Å². The molecule has 0 aliphatic rings. The van der Waals surface area contributed by atoms with Crippen molar-refractivity contribution in [2.24, 2.45) is 0 Å². The molecular formula is C30H32O6. The van der Waals surface area contributed by atoms with Gasteiger partial charge in [-0.25, -0.2) is 4.79 Å². The van der Waals surface area contributed by atoms with Crippen molar-refractivity contribution in [1.82, 2.24) is 0 Å². The lowest BCUT2D eigenvalue weighted by Crippen LogP contribution is -2.07. The monoisotopic (exact) mass is 488 g/mol. The fraction of sp³-hybridized carbons (Fsp3) is 0.333. The lowest BCUT2D eigenvalue weighted by Gasteiger charge is -2.13. The van der Waals surface area contributed by atoms with Crippen LogP contribution in [0.1, 0.15) is 66.9 Å². The molecule has 1 aromatic heterocycles. The van der Waals surface area contributed by atoms with Crippen LogP contribution >= 0.6 is 0 Å². The summed E-state index contributed by atoms with van der Waals surface area (Å²) in [6, 6.07) is 17.8. The molecule has 0 fully saturated rings. The predicted octanol–water partition coefficient (Wildman–Crippen LogP) is 7.10. The number of rotatable bonds is 13. The second-order valence-corrected chi connectivity index (χ2v) is 9.01. The van der Waals surface area contributed by atoms with Gasteiger partial charge in [0.15, 0.2) is 11.3 Å². The molecule has 6 heteroatoms. The number of hydrogen-bond acceptors (Lipinski definition) is 5. The number of carboxylic acids is 1. The van der Waals surface area contributed by atoms with Crippen LogP contribution in [0.15, 0.2) is 69.9 Å². The van der Waals surface area contributed by atoms with Gasteiger partial charge in [0.25, 0.3) is 0 Å². The molecule has 3 aromatic carbocycles. The first-order valence-electron chi connectivity index (χ1n) is 12.6. The Labute approximate surface area is 210 Å². The summed E-state index contributed by atoms with van der Waals surface area (Å²) in [5.41, 5.74) is 2.30. The van der Waals surface area contributed by atoms with Crippen molar-refractivity contribution in [2.45, 2.75) is 58.7 Å². The zero-order chi connectivity index (χ0) is 25.3. The second kappa shape index (κ2) is 12.4. The highest BCUT2D eigenvalue weighted by molar-refractivity contribution is 5.97. The molecule has 188 valence electrons. The molecule has 36 heavy (non-hydrogen) atoms. The molecule has 0 saturated carbocycles. The summed E-state index contributed by atoms with van der Waals surface area (Å²) in [7, 11) is 0. The first-order valence-corrected chi connectivity index (χ1v) is 12.6. The molecule has 1 N–H and O–H groups in total. The Hall–Kier alpha value is -3.64. The molecule has 0 atom stereocenters. The Kier molecular flexibility index (Phi) is 8.74. The number of ether oxygens (including phenoxy) is 2. The summed E-state index contributed by atoms with van der Waals surface area (Å²) in [5.74, 6) is -0.594. The summed E-state index contributed by atoms with van der Waals surface area (Å²) >= 11 is 0. The minimum Gasteiger partial charge on any atom is -0.490 e. The highest BCUT2D eigenvalue weighted by Crippen LogP contribution is 2.30. The van der Waals surface area contributed by atoms with E-state index in [-0.39, 0.29) is 16.4 Å². The molecule has 4 aromatic rings. The van der Waals surface area contributed by atoms with Gasteiger partial charge in [-0.1, -0.05) is 69.4 Å². The van der Waals surface area contributed by atoms with E-state index in [0.717, 1.165) is 24.0 Å². The Balaban J connectivity index is 1.62. The van der Waals surface area contributed by atoms with Gasteiger partial charge in [0.1, 0.15) is 5.58 Å². The summed E-state index contributed by atoms with van der Waals surface area (Å²) in [5, 5.41) is 9.93. The number of carbonyl (C=O) groups is 1. The molecular weight excluding hydrogens is 456 g/mol. The van der Waals surface area contributed by atoms with E-state index in [2.05, 4.69) is 6.92 Å². The minimum absolute atomic E-state index is 0.0380. The molecule has 0 unspecified atom stereocenters. The first-order chi connectivity index (χ1) is 17.6. The third kappa shape index (κ3) is 6.32. The fourth-order valence-electron chi connectivity index (χ4n) is 4.23. The van der Waals surface area contributed by atoms with E-state index >= 15 is 0 Å². The van der Waals surface area contributed by atoms with Gasteiger partial charge < -0.3 is 19.0 Å². The quantitative estimate of drug-likeness (QED) is 0.160. The van der Waals surface area contributed by atoms with E-state index in [1.165, 1.54) is 43.9 Å². The average molecular weight is 489 g/mol. The number of benzene rings is 3. The molecule has 0 aliphatic carbocycles. The molecule has 0 spiro atoms. The standard InChI is InChI=1S/C30H32O6/c1-2-3-4-5-6-10-15-35-27-17-22(20-34-19-21-11-8-7-9-12-21)16-25-28(31)24-18-23(30(32)33)13-14-26(24)36-29(25)27/h7-9,11-14,16-18H,2-6,10,15,19-20H2,1H3,(H,32,33). The Morgan fingerprint density at radius 3 is 2.39 bits per heavy atom. The molecule has 0 radical (unpaired) electrons.